The number of rotatable bonds is 3. The molecule has 0 bridgehead atoms. The van der Waals surface area contributed by atoms with Crippen LogP contribution in [0.1, 0.15) is 0 Å². The third-order valence-electron chi connectivity index (χ3n) is 0.905. The summed E-state index contributed by atoms with van der Waals surface area (Å²) >= 11 is 0. The molecule has 0 aliphatic heterocycles. The van der Waals surface area contributed by atoms with E-state index in [2.05, 4.69) is 11.3 Å². The Morgan fingerprint density at radius 1 is 1.31 bits per heavy atom. The summed E-state index contributed by atoms with van der Waals surface area (Å²) < 4.78 is 78.6. The maximum atomic E-state index is 12.5. The van der Waals surface area contributed by atoms with Crippen molar-refractivity contribution in [1.82, 2.24) is 0 Å². The molecule has 0 amide bonds. The van der Waals surface area contributed by atoms with Gasteiger partial charge in [0.2, 0.25) is 0 Å². The Morgan fingerprint density at radius 3 is 1.77 bits per heavy atom. The molecule has 0 aromatic heterocycles. The van der Waals surface area contributed by atoms with E-state index >= 15 is 0 Å². The normalized spacial score (nSPS) is 17.6. The van der Waals surface area contributed by atoms with Gasteiger partial charge in [-0.15, -0.1) is 0 Å². The predicted octanol–water partition coefficient (Wildman–Crippen LogP) is 1.22. The zero-order valence-electron chi connectivity index (χ0n) is 5.88. The van der Waals surface area contributed by atoms with Gasteiger partial charge in [0.25, 0.3) is 0 Å². The fraction of sp³-hybridized carbons (Fsp3) is 0.500. The zero-order chi connectivity index (χ0) is 10.9. The summed E-state index contributed by atoms with van der Waals surface area (Å²) in [7, 11) is -6.07. The standard InChI is InChI=1S/C4H4F4O4S/c1-2-12-4(8,3(5,6)7)13(9,10)11/h2H,1H2,(H,9,10,11). The average Bonchev–Trinajstić information content (AvgIpc) is 1.82. The fourth-order valence-corrected chi connectivity index (χ4v) is 0.863. The molecular formula is C4H4F4O4S. The molecule has 0 aromatic rings. The average molecular weight is 224 g/mol. The first kappa shape index (κ1) is 12.2. The first-order chi connectivity index (χ1) is 5.56. The minimum absolute atomic E-state index is 0.0821. The SMILES string of the molecule is C=COC(F)(C(F)(F)F)S(=O)(=O)O. The third-order valence-corrected chi connectivity index (χ3v) is 1.90. The molecule has 1 atom stereocenters. The Labute approximate surface area is 70.5 Å². The van der Waals surface area contributed by atoms with Crippen molar-refractivity contribution in [2.75, 3.05) is 0 Å². The number of hydrogen-bond acceptors (Lipinski definition) is 3. The molecule has 0 radical (unpaired) electrons. The van der Waals surface area contributed by atoms with E-state index in [0.717, 1.165) is 0 Å². The van der Waals surface area contributed by atoms with Gasteiger partial charge in [0, 0.05) is 0 Å². The summed E-state index contributed by atoms with van der Waals surface area (Å²) in [6.07, 6.45) is -5.99. The van der Waals surface area contributed by atoms with Gasteiger partial charge in [-0.25, -0.2) is 0 Å². The van der Waals surface area contributed by atoms with Gasteiger partial charge in [-0.2, -0.15) is 26.0 Å². The maximum absolute atomic E-state index is 12.5. The molecule has 0 aliphatic carbocycles. The van der Waals surface area contributed by atoms with E-state index in [1.165, 1.54) is 0 Å². The monoisotopic (exact) mass is 224 g/mol. The largest absolute Gasteiger partial charge is 0.479 e. The summed E-state index contributed by atoms with van der Waals surface area (Å²) in [4.78, 5) is 0. The highest BCUT2D eigenvalue weighted by atomic mass is 32.2. The highest BCUT2D eigenvalue weighted by Gasteiger charge is 2.68. The van der Waals surface area contributed by atoms with E-state index in [9.17, 15) is 26.0 Å². The number of halogens is 4. The quantitative estimate of drug-likeness (QED) is 0.444. The van der Waals surface area contributed by atoms with Gasteiger partial charge in [-0.05, 0) is 0 Å². The Morgan fingerprint density at radius 2 is 1.69 bits per heavy atom. The molecule has 13 heavy (non-hydrogen) atoms. The van der Waals surface area contributed by atoms with E-state index < -0.39 is 21.5 Å². The van der Waals surface area contributed by atoms with Gasteiger partial charge in [-0.3, -0.25) is 4.55 Å². The minimum Gasteiger partial charge on any atom is -0.446 e. The molecule has 0 saturated carbocycles. The molecule has 78 valence electrons. The first-order valence-electron chi connectivity index (χ1n) is 2.57. The van der Waals surface area contributed by atoms with Crippen molar-refractivity contribution in [3.63, 3.8) is 0 Å². The van der Waals surface area contributed by atoms with Crippen LogP contribution in [0.2, 0.25) is 0 Å². The Bertz CT molecular complexity index is 294. The second-order valence-corrected chi connectivity index (χ2v) is 3.27. The van der Waals surface area contributed by atoms with Crippen molar-refractivity contribution >= 4 is 10.1 Å². The van der Waals surface area contributed by atoms with Crippen molar-refractivity contribution < 1.29 is 35.3 Å². The van der Waals surface area contributed by atoms with Crippen LogP contribution in [0.5, 0.6) is 0 Å². The molecule has 1 unspecified atom stereocenters. The first-order valence-corrected chi connectivity index (χ1v) is 4.01. The van der Waals surface area contributed by atoms with Crippen molar-refractivity contribution in [3.8, 4) is 0 Å². The lowest BCUT2D eigenvalue weighted by atomic mass is 10.6. The summed E-state index contributed by atoms with van der Waals surface area (Å²) in [5, 5.41) is -5.16. The number of ether oxygens (including phenoxy) is 1. The third kappa shape index (κ3) is 2.10. The fourth-order valence-electron chi connectivity index (χ4n) is 0.381. The van der Waals surface area contributed by atoms with Crippen molar-refractivity contribution in [1.29, 1.82) is 0 Å². The van der Waals surface area contributed by atoms with Crippen molar-refractivity contribution in [3.05, 3.63) is 12.8 Å². The minimum atomic E-state index is -6.07. The van der Waals surface area contributed by atoms with Gasteiger partial charge in [0.05, 0.1) is 6.26 Å². The molecular weight excluding hydrogens is 220 g/mol. The van der Waals surface area contributed by atoms with E-state index in [1.54, 1.807) is 0 Å². The van der Waals surface area contributed by atoms with Crippen LogP contribution in [0, 0.1) is 0 Å². The van der Waals surface area contributed by atoms with Gasteiger partial charge < -0.3 is 4.74 Å². The Balaban J connectivity index is 5.34. The molecule has 9 heteroatoms. The highest BCUT2D eigenvalue weighted by Crippen LogP contribution is 2.39. The van der Waals surface area contributed by atoms with Gasteiger partial charge >= 0.3 is 21.5 Å². The lowest BCUT2D eigenvalue weighted by Crippen LogP contribution is -2.48. The molecule has 0 fully saturated rings. The van der Waals surface area contributed by atoms with E-state index in [-0.39, 0.29) is 6.26 Å². The van der Waals surface area contributed by atoms with Gasteiger partial charge in [0.15, 0.2) is 0 Å². The summed E-state index contributed by atoms with van der Waals surface area (Å²) in [6, 6.07) is 0. The van der Waals surface area contributed by atoms with Crippen LogP contribution in [0.4, 0.5) is 17.6 Å². The smallest absolute Gasteiger partial charge is 0.446 e. The van der Waals surface area contributed by atoms with Gasteiger partial charge in [0.1, 0.15) is 0 Å². The second-order valence-electron chi connectivity index (χ2n) is 1.79. The Kier molecular flexibility index (Phi) is 2.94. The lowest BCUT2D eigenvalue weighted by Gasteiger charge is -2.22. The zero-order valence-corrected chi connectivity index (χ0v) is 6.69. The number of alkyl halides is 4. The molecule has 0 rings (SSSR count). The second kappa shape index (κ2) is 3.14. The van der Waals surface area contributed by atoms with Crippen LogP contribution in [-0.2, 0) is 14.9 Å². The summed E-state index contributed by atoms with van der Waals surface area (Å²) in [6.45, 7) is 2.53. The summed E-state index contributed by atoms with van der Waals surface area (Å²) in [5.74, 6) is 0. The molecule has 0 saturated heterocycles. The Hall–Kier alpha value is -0.830. The predicted molar refractivity (Wildman–Crippen MR) is 32.7 cm³/mol. The van der Waals surface area contributed by atoms with Crippen LogP contribution >= 0.6 is 0 Å². The van der Waals surface area contributed by atoms with Crippen LogP contribution in [0.15, 0.2) is 12.8 Å². The molecule has 0 aromatic carbocycles. The maximum Gasteiger partial charge on any atom is 0.479 e. The molecule has 0 spiro atoms. The van der Waals surface area contributed by atoms with Crippen molar-refractivity contribution in [2.24, 2.45) is 0 Å². The van der Waals surface area contributed by atoms with Crippen LogP contribution in [0.3, 0.4) is 0 Å². The van der Waals surface area contributed by atoms with Crippen LogP contribution in [0.25, 0.3) is 0 Å². The summed E-state index contributed by atoms with van der Waals surface area (Å²) in [5.41, 5.74) is 0. The molecule has 0 heterocycles. The molecule has 4 nitrogen and oxygen atoms in total. The number of hydrogen-bond donors (Lipinski definition) is 1. The molecule has 0 aliphatic rings. The molecule has 1 N–H and O–H groups in total. The van der Waals surface area contributed by atoms with Gasteiger partial charge in [-0.1, -0.05) is 6.58 Å². The topological polar surface area (TPSA) is 63.6 Å². The van der Waals surface area contributed by atoms with E-state index in [0.29, 0.717) is 0 Å². The van der Waals surface area contributed by atoms with E-state index in [4.69, 9.17) is 4.55 Å². The van der Waals surface area contributed by atoms with Crippen molar-refractivity contribution in [2.45, 2.75) is 11.4 Å². The highest BCUT2D eigenvalue weighted by molar-refractivity contribution is 7.87. The van der Waals surface area contributed by atoms with E-state index in [1.807, 2.05) is 0 Å². The van der Waals surface area contributed by atoms with Crippen LogP contribution in [-0.4, -0.2) is 24.3 Å². The van der Waals surface area contributed by atoms with Crippen LogP contribution < -0.4 is 0 Å². The lowest BCUT2D eigenvalue weighted by molar-refractivity contribution is -0.275.